The van der Waals surface area contributed by atoms with E-state index in [0.717, 1.165) is 0 Å². The first-order valence-electron chi connectivity index (χ1n) is 10.8. The Hall–Kier alpha value is -3.16. The Morgan fingerprint density at radius 3 is 2.44 bits per heavy atom. The normalized spacial score (nSPS) is 16.1. The van der Waals surface area contributed by atoms with Gasteiger partial charge in [0.15, 0.2) is 11.5 Å². The van der Waals surface area contributed by atoms with E-state index in [1.54, 1.807) is 18.2 Å². The minimum Gasteiger partial charge on any atom is -0.493 e. The number of hydrogen-bond acceptors (Lipinski definition) is 9. The van der Waals surface area contributed by atoms with Crippen LogP contribution in [-0.4, -0.2) is 66.3 Å². The second-order valence-corrected chi connectivity index (χ2v) is 9.89. The molecule has 1 aromatic heterocycles. The summed E-state index contributed by atoms with van der Waals surface area (Å²) in [4.78, 5) is 8.62. The number of hydrogen-bond donors (Lipinski definition) is 2. The van der Waals surface area contributed by atoms with Gasteiger partial charge in [-0.2, -0.15) is 13.2 Å². The van der Waals surface area contributed by atoms with E-state index in [2.05, 4.69) is 9.97 Å². The highest BCUT2D eigenvalue weighted by Crippen LogP contribution is 2.32. The fraction of sp³-hybridized carbons (Fsp3) is 0.391. The molecule has 13 heteroatoms. The number of ether oxygens (including phenoxy) is 2. The summed E-state index contributed by atoms with van der Waals surface area (Å²) in [7, 11) is -1.27. The number of rotatable bonds is 10. The molecule has 1 aromatic carbocycles. The molecule has 2 N–H and O–H groups in total. The number of aliphatic hydroxyl groups excluding tert-OH is 2. The molecule has 0 saturated carbocycles. The van der Waals surface area contributed by atoms with Crippen molar-refractivity contribution in [3.05, 3.63) is 59.6 Å². The van der Waals surface area contributed by atoms with Crippen molar-refractivity contribution in [3.63, 3.8) is 0 Å². The summed E-state index contributed by atoms with van der Waals surface area (Å²) in [6, 6.07) is 5.78. The number of aromatic nitrogens is 2. The number of unbranched alkanes of at least 4 members (excludes halogenated alkanes) is 1. The molecule has 1 aliphatic rings. The molecular formula is C23H26F3N3O6S. The molecule has 36 heavy (non-hydrogen) atoms. The lowest BCUT2D eigenvalue weighted by Crippen LogP contribution is -2.30. The van der Waals surface area contributed by atoms with Gasteiger partial charge in [0.05, 0.1) is 25.7 Å². The van der Waals surface area contributed by atoms with Gasteiger partial charge in [0.2, 0.25) is 15.0 Å². The Morgan fingerprint density at radius 2 is 1.81 bits per heavy atom. The van der Waals surface area contributed by atoms with Gasteiger partial charge in [-0.05, 0) is 42.7 Å². The molecule has 0 aliphatic carbocycles. The van der Waals surface area contributed by atoms with E-state index in [0.29, 0.717) is 23.1 Å². The van der Waals surface area contributed by atoms with Crippen LogP contribution in [0.15, 0.2) is 47.8 Å². The number of halogens is 3. The van der Waals surface area contributed by atoms with Gasteiger partial charge >= 0.3 is 6.18 Å². The number of nitrogens with zero attached hydrogens (tertiary/aromatic N) is 3. The fourth-order valence-corrected chi connectivity index (χ4v) is 4.67. The molecule has 1 atom stereocenters. The quantitative estimate of drug-likeness (QED) is 0.353. The molecular weight excluding hydrogens is 503 g/mol. The topological polar surface area (TPSA) is 122 Å². The van der Waals surface area contributed by atoms with Crippen LogP contribution in [0.2, 0.25) is 0 Å². The van der Waals surface area contributed by atoms with Crippen molar-refractivity contribution in [1.29, 1.82) is 0 Å². The van der Waals surface area contributed by atoms with Crippen molar-refractivity contribution in [2.75, 3.05) is 26.6 Å². The maximum absolute atomic E-state index is 13.5. The third-order valence-electron chi connectivity index (χ3n) is 5.30. The average Bonchev–Trinajstić information content (AvgIpc) is 2.84. The van der Waals surface area contributed by atoms with E-state index in [9.17, 15) is 26.7 Å². The van der Waals surface area contributed by atoms with E-state index in [4.69, 9.17) is 14.6 Å². The van der Waals surface area contributed by atoms with E-state index in [-0.39, 0.29) is 37.3 Å². The SMILES string of the molecule is COc1ccc(CN2C=C(c3cc(C(F)(F)F)nc(S(=O)(=O)CCCCO)n3)C=CC2O)cc1OC. The Morgan fingerprint density at radius 1 is 1.08 bits per heavy atom. The lowest BCUT2D eigenvalue weighted by atomic mass is 10.1. The zero-order valence-corrected chi connectivity index (χ0v) is 20.4. The Balaban J connectivity index is 1.99. The second kappa shape index (κ2) is 11.3. The molecule has 0 amide bonds. The fourth-order valence-electron chi connectivity index (χ4n) is 3.43. The van der Waals surface area contributed by atoms with Crippen molar-refractivity contribution in [2.45, 2.75) is 36.9 Å². The lowest BCUT2D eigenvalue weighted by Gasteiger charge is -2.28. The molecule has 0 spiro atoms. The van der Waals surface area contributed by atoms with Crippen molar-refractivity contribution >= 4 is 15.4 Å². The van der Waals surface area contributed by atoms with Crippen LogP contribution in [0.25, 0.3) is 5.57 Å². The Labute approximate surface area is 206 Å². The second-order valence-electron chi connectivity index (χ2n) is 7.89. The predicted molar refractivity (Wildman–Crippen MR) is 124 cm³/mol. The Bertz CT molecular complexity index is 1250. The van der Waals surface area contributed by atoms with E-state index < -0.39 is 38.8 Å². The van der Waals surface area contributed by atoms with Gasteiger partial charge in [-0.1, -0.05) is 12.1 Å². The highest BCUT2D eigenvalue weighted by atomic mass is 32.2. The van der Waals surface area contributed by atoms with Crippen molar-refractivity contribution in [2.24, 2.45) is 0 Å². The maximum atomic E-state index is 13.5. The van der Waals surface area contributed by atoms with Gasteiger partial charge in [0.1, 0.15) is 11.9 Å². The molecule has 2 aromatic rings. The third kappa shape index (κ3) is 6.53. The first-order valence-corrected chi connectivity index (χ1v) is 12.5. The minimum atomic E-state index is -4.91. The first-order chi connectivity index (χ1) is 17.0. The standard InChI is InChI=1S/C23H26F3N3O6S/c1-34-18-7-5-15(11-19(18)35-2)13-29-14-16(6-8-21(29)31)17-12-20(23(24,25)26)28-22(27-17)36(32,33)10-4-3-9-30/h5-8,11-12,14,21,30-31H,3-4,9-10,13H2,1-2H3. The van der Waals surface area contributed by atoms with Gasteiger partial charge in [-0.25, -0.2) is 18.4 Å². The summed E-state index contributed by atoms with van der Waals surface area (Å²) in [5, 5.41) is 18.4. The predicted octanol–water partition coefficient (Wildman–Crippen LogP) is 2.79. The zero-order chi connectivity index (χ0) is 26.5. The van der Waals surface area contributed by atoms with Crippen LogP contribution >= 0.6 is 0 Å². The molecule has 0 fully saturated rings. The van der Waals surface area contributed by atoms with Crippen LogP contribution in [0.5, 0.6) is 11.5 Å². The third-order valence-corrected chi connectivity index (χ3v) is 6.86. The summed E-state index contributed by atoms with van der Waals surface area (Å²) < 4.78 is 76.3. The largest absolute Gasteiger partial charge is 0.493 e. The molecule has 9 nitrogen and oxygen atoms in total. The summed E-state index contributed by atoms with van der Waals surface area (Å²) in [6.07, 6.45) is -1.69. The number of benzene rings is 1. The van der Waals surface area contributed by atoms with Gasteiger partial charge in [0, 0.05) is 24.9 Å². The Kier molecular flexibility index (Phi) is 8.59. The molecule has 0 bridgehead atoms. The zero-order valence-electron chi connectivity index (χ0n) is 19.6. The van der Waals surface area contributed by atoms with Crippen LogP contribution in [0.4, 0.5) is 13.2 Å². The number of alkyl halides is 3. The summed E-state index contributed by atoms with van der Waals surface area (Å²) in [5.74, 6) is 0.459. The van der Waals surface area contributed by atoms with Gasteiger partial charge < -0.3 is 24.6 Å². The van der Waals surface area contributed by atoms with Crippen LogP contribution in [-0.2, 0) is 22.6 Å². The van der Waals surface area contributed by atoms with Crippen LogP contribution in [0.3, 0.4) is 0 Å². The first kappa shape index (κ1) is 27.4. The highest BCUT2D eigenvalue weighted by Gasteiger charge is 2.35. The monoisotopic (exact) mass is 529 g/mol. The van der Waals surface area contributed by atoms with Gasteiger partial charge in [-0.3, -0.25) is 0 Å². The summed E-state index contributed by atoms with van der Waals surface area (Å²) in [5.41, 5.74) is -0.803. The molecule has 196 valence electrons. The molecule has 3 rings (SSSR count). The van der Waals surface area contributed by atoms with Crippen molar-refractivity contribution < 1.29 is 41.3 Å². The molecule has 2 heterocycles. The van der Waals surface area contributed by atoms with Crippen LogP contribution < -0.4 is 9.47 Å². The van der Waals surface area contributed by atoms with Crippen molar-refractivity contribution in [1.82, 2.24) is 14.9 Å². The summed E-state index contributed by atoms with van der Waals surface area (Å²) >= 11 is 0. The summed E-state index contributed by atoms with van der Waals surface area (Å²) in [6.45, 7) is -0.0982. The van der Waals surface area contributed by atoms with Crippen LogP contribution in [0, 0.1) is 0 Å². The van der Waals surface area contributed by atoms with Crippen LogP contribution in [0.1, 0.15) is 29.8 Å². The van der Waals surface area contributed by atoms with E-state index in [1.165, 1.54) is 37.5 Å². The number of aliphatic hydroxyl groups is 2. The van der Waals surface area contributed by atoms with E-state index >= 15 is 0 Å². The molecule has 0 saturated heterocycles. The molecule has 1 unspecified atom stereocenters. The van der Waals surface area contributed by atoms with Gasteiger partial charge in [-0.15, -0.1) is 0 Å². The minimum absolute atomic E-state index is 0.0433. The molecule has 1 aliphatic heterocycles. The number of methoxy groups -OCH3 is 2. The smallest absolute Gasteiger partial charge is 0.433 e. The lowest BCUT2D eigenvalue weighted by molar-refractivity contribution is -0.141. The van der Waals surface area contributed by atoms with Crippen molar-refractivity contribution in [3.8, 4) is 11.5 Å². The number of sulfone groups is 1. The van der Waals surface area contributed by atoms with Gasteiger partial charge in [0.25, 0.3) is 0 Å². The number of allylic oxidation sites excluding steroid dienone is 2. The highest BCUT2D eigenvalue weighted by molar-refractivity contribution is 7.91. The average molecular weight is 530 g/mol. The maximum Gasteiger partial charge on any atom is 0.433 e. The molecule has 0 radical (unpaired) electrons. The van der Waals surface area contributed by atoms with E-state index in [1.807, 2.05) is 0 Å².